The fourth-order valence-electron chi connectivity index (χ4n) is 1.89. The summed E-state index contributed by atoms with van der Waals surface area (Å²) in [6, 6.07) is 9.82. The van der Waals surface area contributed by atoms with Gasteiger partial charge < -0.3 is 5.32 Å². The van der Waals surface area contributed by atoms with Crippen LogP contribution < -0.4 is 10.0 Å². The Bertz CT molecular complexity index is 683. The topological polar surface area (TPSA) is 71.1 Å². The highest BCUT2D eigenvalue weighted by atomic mass is 32.2. The third-order valence-electron chi connectivity index (χ3n) is 2.65. The zero-order valence-corrected chi connectivity index (χ0v) is 11.8. The van der Waals surface area contributed by atoms with E-state index in [4.69, 9.17) is 0 Å². The van der Waals surface area contributed by atoms with Gasteiger partial charge in [-0.15, -0.1) is 0 Å². The number of nitrogens with zero attached hydrogens (tertiary/aromatic N) is 1. The van der Waals surface area contributed by atoms with E-state index in [1.165, 1.54) is 0 Å². The van der Waals surface area contributed by atoms with Gasteiger partial charge in [0.2, 0.25) is 10.0 Å². The molecule has 1 aromatic heterocycles. The smallest absolute Gasteiger partial charge is 0.208 e. The zero-order chi connectivity index (χ0) is 13.9. The molecule has 5 nitrogen and oxygen atoms in total. The molecular weight excluding hydrogens is 262 g/mol. The number of anilines is 1. The summed E-state index contributed by atoms with van der Waals surface area (Å²) < 4.78 is 24.4. The van der Waals surface area contributed by atoms with Crippen LogP contribution in [0.1, 0.15) is 5.69 Å². The summed E-state index contributed by atoms with van der Waals surface area (Å²) in [7, 11) is -3.13. The van der Waals surface area contributed by atoms with Gasteiger partial charge in [-0.25, -0.2) is 13.1 Å². The van der Waals surface area contributed by atoms with Crippen molar-refractivity contribution >= 4 is 26.6 Å². The molecule has 2 aromatic rings. The summed E-state index contributed by atoms with van der Waals surface area (Å²) >= 11 is 0. The summed E-state index contributed by atoms with van der Waals surface area (Å²) in [5, 5.41) is 4.27. The molecule has 0 fully saturated rings. The van der Waals surface area contributed by atoms with E-state index in [1.54, 1.807) is 0 Å². The van der Waals surface area contributed by atoms with Crippen molar-refractivity contribution in [2.45, 2.75) is 6.92 Å². The van der Waals surface area contributed by atoms with Gasteiger partial charge in [0.25, 0.3) is 0 Å². The van der Waals surface area contributed by atoms with Crippen LogP contribution in [0.25, 0.3) is 10.9 Å². The number of aryl methyl sites for hydroxylation is 1. The predicted octanol–water partition coefficient (Wildman–Crippen LogP) is 1.50. The van der Waals surface area contributed by atoms with Gasteiger partial charge in [0.1, 0.15) is 0 Å². The first-order valence-electron chi connectivity index (χ1n) is 6.00. The molecule has 0 spiro atoms. The van der Waals surface area contributed by atoms with Crippen LogP contribution >= 0.6 is 0 Å². The number of para-hydroxylation sites is 1. The van der Waals surface area contributed by atoms with Crippen LogP contribution in [0.3, 0.4) is 0 Å². The number of nitrogens with one attached hydrogen (secondary N) is 2. The Kier molecular flexibility index (Phi) is 4.01. The lowest BCUT2D eigenvalue weighted by atomic mass is 10.1. The maximum atomic E-state index is 11.0. The molecule has 1 heterocycles. The van der Waals surface area contributed by atoms with Crippen molar-refractivity contribution in [1.82, 2.24) is 9.71 Å². The normalized spacial score (nSPS) is 11.7. The lowest BCUT2D eigenvalue weighted by Crippen LogP contribution is -2.27. The number of hydrogen-bond acceptors (Lipinski definition) is 4. The number of benzene rings is 1. The van der Waals surface area contributed by atoms with Gasteiger partial charge in [0.15, 0.2) is 0 Å². The quantitative estimate of drug-likeness (QED) is 0.814. The van der Waals surface area contributed by atoms with Gasteiger partial charge in [-0.1, -0.05) is 18.2 Å². The molecule has 0 saturated heterocycles. The van der Waals surface area contributed by atoms with Crippen molar-refractivity contribution in [3.8, 4) is 0 Å². The maximum Gasteiger partial charge on any atom is 0.208 e. The van der Waals surface area contributed by atoms with Crippen molar-refractivity contribution in [3.63, 3.8) is 0 Å². The molecule has 0 amide bonds. The average molecular weight is 279 g/mol. The molecule has 0 unspecified atom stereocenters. The van der Waals surface area contributed by atoms with Gasteiger partial charge in [-0.2, -0.15) is 0 Å². The van der Waals surface area contributed by atoms with E-state index in [-0.39, 0.29) is 0 Å². The predicted molar refractivity (Wildman–Crippen MR) is 77.8 cm³/mol. The van der Waals surface area contributed by atoms with Gasteiger partial charge in [-0.3, -0.25) is 4.98 Å². The minimum atomic E-state index is -3.13. The maximum absolute atomic E-state index is 11.0. The monoisotopic (exact) mass is 279 g/mol. The van der Waals surface area contributed by atoms with Crippen LogP contribution in [0.2, 0.25) is 0 Å². The minimum absolute atomic E-state index is 0.356. The standard InChI is InChI=1S/C13H17N3O2S/c1-10-9-13(14-7-8-15-19(2,17)18)11-5-3-4-6-12(11)16-10/h3-6,9,15H,7-8H2,1-2H3,(H,14,16). The molecule has 2 N–H and O–H groups in total. The molecule has 0 aliphatic carbocycles. The molecule has 0 aliphatic heterocycles. The van der Waals surface area contributed by atoms with E-state index in [2.05, 4.69) is 15.0 Å². The molecule has 102 valence electrons. The Labute approximate surface area is 113 Å². The largest absolute Gasteiger partial charge is 0.383 e. The van der Waals surface area contributed by atoms with E-state index in [0.717, 1.165) is 28.5 Å². The number of pyridine rings is 1. The summed E-state index contributed by atoms with van der Waals surface area (Å²) in [6.07, 6.45) is 1.15. The highest BCUT2D eigenvalue weighted by Crippen LogP contribution is 2.22. The summed E-state index contributed by atoms with van der Waals surface area (Å²) in [4.78, 5) is 4.45. The van der Waals surface area contributed by atoms with Crippen molar-refractivity contribution < 1.29 is 8.42 Å². The first kappa shape index (κ1) is 13.8. The number of aromatic nitrogens is 1. The Balaban J connectivity index is 2.12. The average Bonchev–Trinajstić information content (AvgIpc) is 2.33. The highest BCUT2D eigenvalue weighted by molar-refractivity contribution is 7.88. The minimum Gasteiger partial charge on any atom is -0.383 e. The summed E-state index contributed by atoms with van der Waals surface area (Å²) in [5.74, 6) is 0. The Morgan fingerprint density at radius 2 is 1.95 bits per heavy atom. The zero-order valence-electron chi connectivity index (χ0n) is 11.0. The third-order valence-corrected chi connectivity index (χ3v) is 3.38. The Hall–Kier alpha value is -1.66. The van der Waals surface area contributed by atoms with Crippen LogP contribution in [-0.2, 0) is 10.0 Å². The lowest BCUT2D eigenvalue weighted by molar-refractivity contribution is 0.589. The van der Waals surface area contributed by atoms with E-state index in [9.17, 15) is 8.42 Å². The van der Waals surface area contributed by atoms with E-state index in [0.29, 0.717) is 13.1 Å². The number of rotatable bonds is 5. The summed E-state index contributed by atoms with van der Waals surface area (Å²) in [6.45, 7) is 2.82. The first-order valence-corrected chi connectivity index (χ1v) is 7.90. The SMILES string of the molecule is Cc1cc(NCCNS(C)(=O)=O)c2ccccc2n1. The van der Waals surface area contributed by atoms with E-state index < -0.39 is 10.0 Å². The van der Waals surface area contributed by atoms with Gasteiger partial charge in [-0.05, 0) is 19.1 Å². The molecule has 19 heavy (non-hydrogen) atoms. The van der Waals surface area contributed by atoms with Crippen molar-refractivity contribution in [2.75, 3.05) is 24.7 Å². The van der Waals surface area contributed by atoms with Gasteiger partial charge in [0.05, 0.1) is 11.8 Å². The van der Waals surface area contributed by atoms with Crippen LogP contribution in [0.5, 0.6) is 0 Å². The van der Waals surface area contributed by atoms with E-state index in [1.807, 2.05) is 37.3 Å². The van der Waals surface area contributed by atoms with Crippen LogP contribution in [0.4, 0.5) is 5.69 Å². The third kappa shape index (κ3) is 3.90. The van der Waals surface area contributed by atoms with Gasteiger partial charge >= 0.3 is 0 Å². The molecule has 1 aromatic carbocycles. The molecule has 0 radical (unpaired) electrons. The fourth-order valence-corrected chi connectivity index (χ4v) is 2.36. The number of hydrogen-bond donors (Lipinski definition) is 2. The molecule has 6 heteroatoms. The van der Waals surface area contributed by atoms with Gasteiger partial charge in [0, 0.05) is 29.9 Å². The first-order chi connectivity index (χ1) is 8.96. The van der Waals surface area contributed by atoms with Crippen LogP contribution in [-0.4, -0.2) is 32.7 Å². The second-order valence-electron chi connectivity index (χ2n) is 4.42. The van der Waals surface area contributed by atoms with E-state index >= 15 is 0 Å². The molecule has 0 bridgehead atoms. The second-order valence-corrected chi connectivity index (χ2v) is 6.25. The fraction of sp³-hybridized carbons (Fsp3) is 0.308. The lowest BCUT2D eigenvalue weighted by Gasteiger charge is -2.10. The molecule has 0 atom stereocenters. The number of sulfonamides is 1. The summed E-state index contributed by atoms with van der Waals surface area (Å²) in [5.41, 5.74) is 2.83. The van der Waals surface area contributed by atoms with Crippen molar-refractivity contribution in [2.24, 2.45) is 0 Å². The highest BCUT2D eigenvalue weighted by Gasteiger charge is 2.03. The number of fused-ring (bicyclic) bond motifs is 1. The Morgan fingerprint density at radius 1 is 1.21 bits per heavy atom. The molecule has 0 aliphatic rings. The van der Waals surface area contributed by atoms with Crippen molar-refractivity contribution in [1.29, 1.82) is 0 Å². The second kappa shape index (κ2) is 5.54. The molecule has 2 rings (SSSR count). The molecular formula is C13H17N3O2S. The van der Waals surface area contributed by atoms with Crippen LogP contribution in [0, 0.1) is 6.92 Å². The van der Waals surface area contributed by atoms with Crippen molar-refractivity contribution in [3.05, 3.63) is 36.0 Å². The Morgan fingerprint density at radius 3 is 2.68 bits per heavy atom. The van der Waals surface area contributed by atoms with Crippen LogP contribution in [0.15, 0.2) is 30.3 Å². The molecule has 0 saturated carbocycles.